The van der Waals surface area contributed by atoms with Crippen LogP contribution in [0, 0.1) is 17.0 Å². The average Bonchev–Trinajstić information content (AvgIpc) is 2.92. The first kappa shape index (κ1) is 32.5. The molecular weight excluding hydrogens is 593 g/mol. The van der Waals surface area contributed by atoms with Crippen LogP contribution in [-0.2, 0) is 4.79 Å². The number of anilines is 1. The van der Waals surface area contributed by atoms with Crippen LogP contribution >= 0.6 is 11.6 Å². The van der Waals surface area contributed by atoms with Crippen molar-refractivity contribution in [1.29, 1.82) is 5.41 Å². The predicted molar refractivity (Wildman–Crippen MR) is 157 cm³/mol. The minimum absolute atomic E-state index is 0.0216. The van der Waals surface area contributed by atoms with E-state index in [1.54, 1.807) is 4.90 Å². The summed E-state index contributed by atoms with van der Waals surface area (Å²) in [6, 6.07) is 3.90. The zero-order chi connectivity index (χ0) is 31.6. The average molecular weight is 628 g/mol. The van der Waals surface area contributed by atoms with Gasteiger partial charge in [0.25, 0.3) is 0 Å². The van der Waals surface area contributed by atoms with E-state index in [9.17, 15) is 32.2 Å². The van der Waals surface area contributed by atoms with Gasteiger partial charge in [0.15, 0.2) is 5.75 Å². The second-order valence-electron chi connectivity index (χ2n) is 11.2. The Labute approximate surface area is 252 Å². The Hall–Kier alpha value is -3.38. The molecule has 2 heterocycles. The van der Waals surface area contributed by atoms with Gasteiger partial charge in [-0.1, -0.05) is 18.2 Å². The number of amidine groups is 1. The van der Waals surface area contributed by atoms with E-state index < -0.39 is 24.4 Å². The third-order valence-electron chi connectivity index (χ3n) is 7.74. The van der Waals surface area contributed by atoms with Gasteiger partial charge in [0.2, 0.25) is 5.91 Å². The summed E-state index contributed by atoms with van der Waals surface area (Å²) in [4.78, 5) is 17.1. The number of hydrogen-bond acceptors (Lipinski definition) is 5. The zero-order valence-electron chi connectivity index (χ0n) is 24.2. The molecule has 0 unspecified atom stereocenters. The molecule has 7 nitrogen and oxygen atoms in total. The second-order valence-corrected chi connectivity index (χ2v) is 11.6. The van der Waals surface area contributed by atoms with Crippen molar-refractivity contribution in [2.75, 3.05) is 45.2 Å². The normalized spacial score (nSPS) is 20.4. The minimum atomic E-state index is -4.29. The fourth-order valence-electron chi connectivity index (χ4n) is 5.64. The first-order valence-corrected chi connectivity index (χ1v) is 14.3. The Bertz CT molecular complexity index is 1390. The van der Waals surface area contributed by atoms with Gasteiger partial charge < -0.3 is 19.9 Å². The number of amides is 1. The molecule has 3 atom stereocenters. The lowest BCUT2D eigenvalue weighted by molar-refractivity contribution is -0.143. The molecule has 2 aromatic rings. The van der Waals surface area contributed by atoms with Gasteiger partial charge in [-0.3, -0.25) is 15.1 Å². The maximum absolute atomic E-state index is 14.9. The summed E-state index contributed by atoms with van der Waals surface area (Å²) in [6.45, 7) is 7.38. The molecule has 0 spiro atoms. The van der Waals surface area contributed by atoms with Crippen LogP contribution in [-0.4, -0.2) is 90.6 Å². The lowest BCUT2D eigenvalue weighted by Crippen LogP contribution is -2.59. The van der Waals surface area contributed by atoms with E-state index in [2.05, 4.69) is 11.9 Å². The molecule has 0 aromatic heterocycles. The lowest BCUT2D eigenvalue weighted by Gasteiger charge is -2.45. The number of nitrogens with one attached hydrogen (secondary N) is 2. The molecule has 1 fully saturated rings. The van der Waals surface area contributed by atoms with Crippen LogP contribution in [0.5, 0.6) is 5.75 Å². The van der Waals surface area contributed by atoms with Gasteiger partial charge in [-0.2, -0.15) is 13.2 Å². The number of benzene rings is 2. The first-order valence-electron chi connectivity index (χ1n) is 13.9. The number of nitrogens with zero attached hydrogens (tertiary/aromatic N) is 3. The SMILES string of the molecule is C=CC(=O)N1C[C@H](C)N(C(=N)c2cc(Cl)c(-c3ccc(F)cc3F)c3c2N[C@H](CCCN(C)CC(F)(F)F)CO3)C[C@H]1C. The highest BCUT2D eigenvalue weighted by Crippen LogP contribution is 2.47. The molecule has 0 bridgehead atoms. The summed E-state index contributed by atoms with van der Waals surface area (Å²) < 4.78 is 73.0. The fourth-order valence-corrected chi connectivity index (χ4v) is 5.94. The van der Waals surface area contributed by atoms with Gasteiger partial charge in [0, 0.05) is 47.9 Å². The molecular formula is C30H35ClF5N5O2. The molecule has 0 aliphatic carbocycles. The number of rotatable bonds is 8. The van der Waals surface area contributed by atoms with Crippen LogP contribution in [0.3, 0.4) is 0 Å². The lowest BCUT2D eigenvalue weighted by atomic mass is 9.96. The van der Waals surface area contributed by atoms with Crippen molar-refractivity contribution in [2.24, 2.45) is 0 Å². The molecule has 2 N–H and O–H groups in total. The van der Waals surface area contributed by atoms with Crippen LogP contribution in [0.2, 0.25) is 5.02 Å². The Balaban J connectivity index is 1.67. The molecule has 0 radical (unpaired) electrons. The Morgan fingerprint density at radius 3 is 2.53 bits per heavy atom. The van der Waals surface area contributed by atoms with E-state index in [1.165, 1.54) is 30.2 Å². The van der Waals surface area contributed by atoms with Crippen LogP contribution in [0.4, 0.5) is 27.6 Å². The number of carbonyl (C=O) groups is 1. The first-order chi connectivity index (χ1) is 20.2. The topological polar surface area (TPSA) is 71.9 Å². The van der Waals surface area contributed by atoms with Crippen molar-refractivity contribution < 1.29 is 31.5 Å². The highest BCUT2D eigenvalue weighted by molar-refractivity contribution is 6.34. The summed E-state index contributed by atoms with van der Waals surface area (Å²) in [5.74, 6) is -1.48. The van der Waals surface area contributed by atoms with Crippen LogP contribution in [0.25, 0.3) is 11.1 Å². The molecule has 43 heavy (non-hydrogen) atoms. The zero-order valence-corrected chi connectivity index (χ0v) is 25.0. The Morgan fingerprint density at radius 2 is 1.88 bits per heavy atom. The summed E-state index contributed by atoms with van der Waals surface area (Å²) in [7, 11) is 1.41. The van der Waals surface area contributed by atoms with Gasteiger partial charge in [0.05, 0.1) is 23.3 Å². The van der Waals surface area contributed by atoms with Crippen molar-refractivity contribution in [3.63, 3.8) is 0 Å². The maximum Gasteiger partial charge on any atom is 0.401 e. The van der Waals surface area contributed by atoms with E-state index in [1.807, 2.05) is 18.7 Å². The standard InChI is InChI=1S/C30H35ClF5N5O2/c1-5-25(42)40-13-18(3)41(14-17(40)2)29(37)22-12-23(31)26(21-9-8-19(32)11-24(21)33)28-27(22)38-20(15-43-28)7-6-10-39(4)16-30(34,35)36/h5,8-9,11-12,17-18,20,37-38H,1,6-7,10,13-16H2,2-4H3/t17-,18+,20-/m1/s1. The third-order valence-corrected chi connectivity index (χ3v) is 8.04. The van der Waals surface area contributed by atoms with Crippen molar-refractivity contribution in [1.82, 2.24) is 14.7 Å². The summed E-state index contributed by atoms with van der Waals surface area (Å²) in [6.07, 6.45) is -2.13. The van der Waals surface area contributed by atoms with E-state index in [-0.39, 0.29) is 64.9 Å². The molecule has 2 aliphatic heterocycles. The third kappa shape index (κ3) is 7.41. The second kappa shape index (κ2) is 13.1. The van der Waals surface area contributed by atoms with E-state index >= 15 is 0 Å². The van der Waals surface area contributed by atoms with Crippen LogP contribution in [0.15, 0.2) is 36.9 Å². The highest BCUT2D eigenvalue weighted by Gasteiger charge is 2.36. The molecule has 13 heteroatoms. The number of halogens is 6. The number of fused-ring (bicyclic) bond motifs is 1. The van der Waals surface area contributed by atoms with Crippen molar-refractivity contribution in [3.8, 4) is 16.9 Å². The molecule has 234 valence electrons. The van der Waals surface area contributed by atoms with Gasteiger partial charge in [-0.25, -0.2) is 8.78 Å². The number of carbonyl (C=O) groups excluding carboxylic acids is 1. The highest BCUT2D eigenvalue weighted by atomic mass is 35.5. The molecule has 0 saturated carbocycles. The maximum atomic E-state index is 14.9. The Kier molecular flexibility index (Phi) is 9.90. The number of alkyl halides is 3. The summed E-state index contributed by atoms with van der Waals surface area (Å²) >= 11 is 6.71. The molecule has 2 aromatic carbocycles. The molecule has 2 aliphatic rings. The molecule has 4 rings (SSSR count). The number of ether oxygens (including phenoxy) is 1. The van der Waals surface area contributed by atoms with Crippen LogP contribution < -0.4 is 10.1 Å². The smallest absolute Gasteiger partial charge is 0.401 e. The molecule has 1 saturated heterocycles. The van der Waals surface area contributed by atoms with Crippen molar-refractivity contribution in [3.05, 3.63) is 59.1 Å². The number of piperazine rings is 1. The van der Waals surface area contributed by atoms with Gasteiger partial charge in [-0.15, -0.1) is 0 Å². The van der Waals surface area contributed by atoms with E-state index in [4.69, 9.17) is 16.3 Å². The van der Waals surface area contributed by atoms with E-state index in [0.717, 1.165) is 12.1 Å². The van der Waals surface area contributed by atoms with Gasteiger partial charge in [0.1, 0.15) is 24.1 Å². The minimum Gasteiger partial charge on any atom is -0.489 e. The summed E-state index contributed by atoms with van der Waals surface area (Å²) in [5, 5.41) is 12.7. The fraction of sp³-hybridized carbons (Fsp3) is 0.467. The monoisotopic (exact) mass is 627 g/mol. The summed E-state index contributed by atoms with van der Waals surface area (Å²) in [5.41, 5.74) is 0.989. The largest absolute Gasteiger partial charge is 0.489 e. The quantitative estimate of drug-likeness (QED) is 0.159. The van der Waals surface area contributed by atoms with E-state index in [0.29, 0.717) is 37.2 Å². The predicted octanol–water partition coefficient (Wildman–Crippen LogP) is 6.16. The van der Waals surface area contributed by atoms with Crippen LogP contribution in [0.1, 0.15) is 32.3 Å². The molecule has 1 amide bonds. The van der Waals surface area contributed by atoms with Gasteiger partial charge >= 0.3 is 6.18 Å². The van der Waals surface area contributed by atoms with Crippen molar-refractivity contribution >= 4 is 29.0 Å². The number of hydrogen-bond donors (Lipinski definition) is 2. The van der Waals surface area contributed by atoms with Gasteiger partial charge in [-0.05, 0) is 64.6 Å². The Morgan fingerprint density at radius 1 is 1.21 bits per heavy atom. The van der Waals surface area contributed by atoms with Crippen molar-refractivity contribution in [2.45, 2.75) is 51.0 Å².